The molecule has 8 heteroatoms. The number of hydrogen-bond acceptors (Lipinski definition) is 5. The molecule has 0 unspecified atom stereocenters. The second-order valence-corrected chi connectivity index (χ2v) is 7.80. The maximum absolute atomic E-state index is 5.44. The van der Waals surface area contributed by atoms with Gasteiger partial charge in [-0.25, -0.2) is 4.99 Å². The predicted octanol–water partition coefficient (Wildman–Crippen LogP) is 3.80. The van der Waals surface area contributed by atoms with Crippen LogP contribution in [0.5, 0.6) is 11.5 Å². The van der Waals surface area contributed by atoms with Gasteiger partial charge in [0.2, 0.25) is 0 Å². The molecule has 182 valence electrons. The average molecular weight is 569 g/mol. The Kier molecular flexibility index (Phi) is 11.6. The van der Waals surface area contributed by atoms with Crippen LogP contribution in [-0.2, 0) is 17.7 Å². The Labute approximate surface area is 215 Å². The van der Waals surface area contributed by atoms with E-state index in [1.807, 2.05) is 12.1 Å². The van der Waals surface area contributed by atoms with Crippen LogP contribution in [0.25, 0.3) is 0 Å². The third-order valence-corrected chi connectivity index (χ3v) is 5.60. The van der Waals surface area contributed by atoms with Crippen molar-refractivity contribution in [1.29, 1.82) is 0 Å². The number of ether oxygens (including phenoxy) is 3. The van der Waals surface area contributed by atoms with E-state index in [0.29, 0.717) is 6.54 Å². The number of nitrogens with one attached hydrogen (secondary N) is 1. The summed E-state index contributed by atoms with van der Waals surface area (Å²) in [6, 6.07) is 14.8. The van der Waals surface area contributed by atoms with Crippen molar-refractivity contribution in [1.82, 2.24) is 10.2 Å². The molecule has 1 saturated heterocycles. The van der Waals surface area contributed by atoms with Crippen LogP contribution >= 0.6 is 24.0 Å². The number of benzene rings is 2. The van der Waals surface area contributed by atoms with Gasteiger partial charge in [-0.3, -0.25) is 0 Å². The topological polar surface area (TPSA) is 58.6 Å². The molecule has 7 nitrogen and oxygen atoms in total. The monoisotopic (exact) mass is 568 g/mol. The zero-order valence-corrected chi connectivity index (χ0v) is 22.5. The minimum atomic E-state index is 0. The molecular weight excluding hydrogens is 531 g/mol. The molecule has 33 heavy (non-hydrogen) atoms. The van der Waals surface area contributed by atoms with E-state index < -0.39 is 0 Å². The Bertz CT molecular complexity index is 870. The molecule has 1 fully saturated rings. The van der Waals surface area contributed by atoms with Gasteiger partial charge in [-0.15, -0.1) is 24.0 Å². The summed E-state index contributed by atoms with van der Waals surface area (Å²) < 4.78 is 16.2. The van der Waals surface area contributed by atoms with Gasteiger partial charge < -0.3 is 29.3 Å². The van der Waals surface area contributed by atoms with Crippen LogP contribution in [0, 0.1) is 0 Å². The van der Waals surface area contributed by atoms with E-state index in [2.05, 4.69) is 59.4 Å². The fourth-order valence-electron chi connectivity index (χ4n) is 3.71. The third-order valence-electron chi connectivity index (χ3n) is 5.60. The first-order chi connectivity index (χ1) is 15.6. The largest absolute Gasteiger partial charge is 0.493 e. The minimum absolute atomic E-state index is 0. The Balaban J connectivity index is 0.00000385. The Hall–Kier alpha value is -2.20. The van der Waals surface area contributed by atoms with Crippen molar-refractivity contribution in [3.63, 3.8) is 0 Å². The lowest BCUT2D eigenvalue weighted by molar-refractivity contribution is 0.122. The van der Waals surface area contributed by atoms with E-state index in [9.17, 15) is 0 Å². The summed E-state index contributed by atoms with van der Waals surface area (Å²) in [6.45, 7) is 7.91. The molecule has 0 aromatic heterocycles. The Morgan fingerprint density at radius 1 is 1.03 bits per heavy atom. The number of anilines is 1. The summed E-state index contributed by atoms with van der Waals surface area (Å²) in [5.41, 5.74) is 3.65. The van der Waals surface area contributed by atoms with E-state index in [1.165, 1.54) is 16.8 Å². The number of hydrogen-bond donors (Lipinski definition) is 1. The number of nitrogens with zero attached hydrogens (tertiary/aromatic N) is 3. The van der Waals surface area contributed by atoms with Gasteiger partial charge in [0.15, 0.2) is 17.5 Å². The lowest BCUT2D eigenvalue weighted by Crippen LogP contribution is -2.40. The molecule has 0 spiro atoms. The second kappa shape index (κ2) is 14.1. The first kappa shape index (κ1) is 27.0. The third kappa shape index (κ3) is 7.96. The molecule has 0 amide bonds. The molecule has 1 N–H and O–H groups in total. The van der Waals surface area contributed by atoms with Gasteiger partial charge in [-0.2, -0.15) is 0 Å². The van der Waals surface area contributed by atoms with Crippen molar-refractivity contribution < 1.29 is 14.2 Å². The molecule has 3 rings (SSSR count). The van der Waals surface area contributed by atoms with Gasteiger partial charge >= 0.3 is 0 Å². The zero-order chi connectivity index (χ0) is 22.8. The van der Waals surface area contributed by atoms with Crippen molar-refractivity contribution in [2.45, 2.75) is 19.9 Å². The number of morpholine rings is 1. The molecule has 0 atom stereocenters. The summed E-state index contributed by atoms with van der Waals surface area (Å²) in [4.78, 5) is 9.38. The van der Waals surface area contributed by atoms with Gasteiger partial charge in [0.25, 0.3) is 0 Å². The molecule has 0 radical (unpaired) electrons. The molecule has 2 aromatic carbocycles. The van der Waals surface area contributed by atoms with Crippen LogP contribution in [0.4, 0.5) is 5.69 Å². The number of methoxy groups -OCH3 is 2. The quantitative estimate of drug-likeness (QED) is 0.282. The summed E-state index contributed by atoms with van der Waals surface area (Å²) in [5.74, 6) is 2.41. The van der Waals surface area contributed by atoms with E-state index >= 15 is 0 Å². The van der Waals surface area contributed by atoms with Gasteiger partial charge in [0.1, 0.15) is 0 Å². The number of likely N-dealkylation sites (N-methyl/N-ethyl adjacent to an activating group) is 1. The summed E-state index contributed by atoms with van der Waals surface area (Å²) in [5, 5.41) is 3.40. The lowest BCUT2D eigenvalue weighted by Gasteiger charge is -2.28. The van der Waals surface area contributed by atoms with Crippen molar-refractivity contribution in [2.75, 3.05) is 65.6 Å². The number of guanidine groups is 1. The van der Waals surface area contributed by atoms with E-state index in [1.54, 1.807) is 14.2 Å². The van der Waals surface area contributed by atoms with Crippen molar-refractivity contribution in [2.24, 2.45) is 4.99 Å². The molecule has 1 heterocycles. The Morgan fingerprint density at radius 3 is 2.33 bits per heavy atom. The first-order valence-electron chi connectivity index (χ1n) is 11.3. The summed E-state index contributed by atoms with van der Waals surface area (Å²) in [7, 11) is 5.39. The fraction of sp³-hybridized carbons (Fsp3) is 0.480. The van der Waals surface area contributed by atoms with Gasteiger partial charge in [-0.05, 0) is 48.7 Å². The SMILES string of the molecule is CCNC(=NCc1ccc(N2CCOCC2)cc1)N(C)CCc1ccc(OC)c(OC)c1.I. The number of aliphatic imine (C=N–C) groups is 1. The van der Waals surface area contributed by atoms with E-state index in [-0.39, 0.29) is 24.0 Å². The van der Waals surface area contributed by atoms with Crippen molar-refractivity contribution in [3.8, 4) is 11.5 Å². The fourth-order valence-corrected chi connectivity index (χ4v) is 3.71. The zero-order valence-electron chi connectivity index (χ0n) is 20.2. The predicted molar refractivity (Wildman–Crippen MR) is 146 cm³/mol. The van der Waals surface area contributed by atoms with Crippen LogP contribution in [0.1, 0.15) is 18.1 Å². The highest BCUT2D eigenvalue weighted by molar-refractivity contribution is 14.0. The summed E-state index contributed by atoms with van der Waals surface area (Å²) >= 11 is 0. The molecule has 0 bridgehead atoms. The number of rotatable bonds is 9. The smallest absolute Gasteiger partial charge is 0.193 e. The Morgan fingerprint density at radius 2 is 1.70 bits per heavy atom. The highest BCUT2D eigenvalue weighted by Gasteiger charge is 2.11. The molecule has 2 aromatic rings. The molecule has 0 saturated carbocycles. The van der Waals surface area contributed by atoms with Gasteiger partial charge in [0.05, 0.1) is 34.0 Å². The molecule has 1 aliphatic rings. The highest BCUT2D eigenvalue weighted by atomic mass is 127. The average Bonchev–Trinajstić information content (AvgIpc) is 2.85. The normalized spacial score (nSPS) is 13.8. The number of halogens is 1. The molecule has 0 aliphatic carbocycles. The van der Waals surface area contributed by atoms with Crippen LogP contribution in [0.15, 0.2) is 47.5 Å². The van der Waals surface area contributed by atoms with Crippen LogP contribution < -0.4 is 19.7 Å². The maximum Gasteiger partial charge on any atom is 0.193 e. The van der Waals surface area contributed by atoms with Crippen LogP contribution in [0.2, 0.25) is 0 Å². The first-order valence-corrected chi connectivity index (χ1v) is 11.3. The van der Waals surface area contributed by atoms with Crippen LogP contribution in [0.3, 0.4) is 0 Å². The van der Waals surface area contributed by atoms with Gasteiger partial charge in [-0.1, -0.05) is 18.2 Å². The minimum Gasteiger partial charge on any atom is -0.493 e. The molecular formula is C25H37IN4O3. The van der Waals surface area contributed by atoms with E-state index in [4.69, 9.17) is 19.2 Å². The highest BCUT2D eigenvalue weighted by Crippen LogP contribution is 2.27. The van der Waals surface area contributed by atoms with Crippen LogP contribution in [-0.4, -0.2) is 71.5 Å². The van der Waals surface area contributed by atoms with Gasteiger partial charge in [0, 0.05) is 38.9 Å². The summed E-state index contributed by atoms with van der Waals surface area (Å²) in [6.07, 6.45) is 0.884. The molecule has 1 aliphatic heterocycles. The van der Waals surface area contributed by atoms with Crippen molar-refractivity contribution >= 4 is 35.6 Å². The maximum atomic E-state index is 5.44. The van der Waals surface area contributed by atoms with Crippen molar-refractivity contribution in [3.05, 3.63) is 53.6 Å². The standard InChI is InChI=1S/C25H36N4O3.HI/c1-5-26-25(28(2)13-12-20-8-11-23(30-3)24(18-20)31-4)27-19-21-6-9-22(10-7-21)29-14-16-32-17-15-29;/h6-11,18H,5,12-17,19H2,1-4H3,(H,26,27);1H. The van der Waals surface area contributed by atoms with E-state index in [0.717, 1.165) is 63.3 Å². The second-order valence-electron chi connectivity index (χ2n) is 7.80. The lowest BCUT2D eigenvalue weighted by atomic mass is 10.1.